The van der Waals surface area contributed by atoms with E-state index in [1.54, 1.807) is 68.7 Å². The Labute approximate surface area is 450 Å². The minimum absolute atomic E-state index is 0.00339. The van der Waals surface area contributed by atoms with Crippen molar-refractivity contribution in [2.45, 2.75) is 119 Å². The lowest BCUT2D eigenvalue weighted by Gasteiger charge is -2.40. The van der Waals surface area contributed by atoms with E-state index in [-0.39, 0.29) is 70.2 Å². The highest BCUT2D eigenvalue weighted by Gasteiger charge is 2.40. The summed E-state index contributed by atoms with van der Waals surface area (Å²) in [7, 11) is 0.875. The molecule has 1 N–H and O–H groups in total. The molecular weight excluding hydrogens is 1020 g/mol. The van der Waals surface area contributed by atoms with Gasteiger partial charge in [0, 0.05) is 43.7 Å². The van der Waals surface area contributed by atoms with Gasteiger partial charge in [0.15, 0.2) is 8.32 Å². The molecule has 0 fully saturated rings. The van der Waals surface area contributed by atoms with Crippen LogP contribution in [0.25, 0.3) is 11.0 Å². The van der Waals surface area contributed by atoms with Crippen molar-refractivity contribution in [2.75, 3.05) is 40.6 Å². The predicted octanol–water partition coefficient (Wildman–Crippen LogP) is 13.0. The Morgan fingerprint density at radius 3 is 1.37 bits per heavy atom. The molecule has 4 aromatic heterocycles. The van der Waals surface area contributed by atoms with Gasteiger partial charge in [0.25, 0.3) is 11.1 Å². The van der Waals surface area contributed by atoms with Gasteiger partial charge in [-0.05, 0) is 113 Å². The average Bonchev–Trinajstić information content (AvgIpc) is 3.32. The lowest BCUT2D eigenvalue weighted by molar-refractivity contribution is 0.0514. The van der Waals surface area contributed by atoms with Gasteiger partial charge in [-0.2, -0.15) is 0 Å². The second-order valence-electron chi connectivity index (χ2n) is 22.2. The standard InChI is InChI=1S/C32H43ClFNO5Si.C26H29ClFNO5/c1-11-39-30(37)23-17-22(24(31(2,3)4)19-40-41(9,10)32(5,6)7)28-26(38-8)16-20(18-35(28)29(23)36)15-21-13-12-14-25(33)27(21)34;1-6-34-25(32)18-12-17(19(14-30)26(2,3)4)23-21(33-5)11-15(13-29(23)24(18)31)10-16-8-7-9-20(27)22(16)28/h12-14,16-18,24H,11,15,19H2,1-10H3;7-9,11-13,19,30H,6,10,14H2,1-5H3/t24-;19-/m00/s1. The first kappa shape index (κ1) is 60.3. The number of hydrogen-bond acceptors (Lipinski definition) is 10. The molecule has 2 atom stereocenters. The van der Waals surface area contributed by atoms with Crippen LogP contribution in [0.5, 0.6) is 11.5 Å². The molecule has 0 unspecified atom stereocenters. The number of carbonyl (C=O) groups is 2. The largest absolute Gasteiger partial charge is 0.495 e. The van der Waals surface area contributed by atoms with E-state index in [1.165, 1.54) is 41.2 Å². The van der Waals surface area contributed by atoms with Crippen LogP contribution in [0.3, 0.4) is 0 Å². The zero-order valence-electron chi connectivity index (χ0n) is 45.9. The molecule has 0 bridgehead atoms. The first-order valence-corrected chi connectivity index (χ1v) is 28.6. The Hall–Kier alpha value is -5.58. The zero-order valence-corrected chi connectivity index (χ0v) is 48.4. The molecule has 0 aliphatic rings. The van der Waals surface area contributed by atoms with Crippen molar-refractivity contribution in [3.63, 3.8) is 0 Å². The summed E-state index contributed by atoms with van der Waals surface area (Å²) >= 11 is 11.9. The monoisotopic (exact) mass is 1090 g/mol. The normalized spacial score (nSPS) is 13.0. The van der Waals surface area contributed by atoms with E-state index in [4.69, 9.17) is 46.6 Å². The zero-order chi connectivity index (χ0) is 56.1. The lowest BCUT2D eigenvalue weighted by atomic mass is 9.76. The number of nitrogens with zero attached hydrogens (tertiary/aromatic N) is 2. The van der Waals surface area contributed by atoms with Gasteiger partial charge >= 0.3 is 11.9 Å². The van der Waals surface area contributed by atoms with Gasteiger partial charge in [-0.3, -0.25) is 18.4 Å². The van der Waals surface area contributed by atoms with Crippen LogP contribution in [0.2, 0.25) is 28.2 Å². The van der Waals surface area contributed by atoms with E-state index >= 15 is 0 Å². The number of rotatable bonds is 16. The number of methoxy groups -OCH3 is 2. The van der Waals surface area contributed by atoms with Crippen LogP contribution in [-0.4, -0.2) is 74.8 Å². The van der Waals surface area contributed by atoms with E-state index < -0.39 is 54.3 Å². The fraction of sp³-hybridized carbons (Fsp3) is 0.448. The molecule has 12 nitrogen and oxygen atoms in total. The van der Waals surface area contributed by atoms with Gasteiger partial charge in [-0.15, -0.1) is 0 Å². The first-order chi connectivity index (χ1) is 34.9. The minimum atomic E-state index is -2.13. The molecule has 406 valence electrons. The molecule has 0 saturated heterocycles. The van der Waals surface area contributed by atoms with E-state index in [2.05, 4.69) is 54.6 Å². The van der Waals surface area contributed by atoms with Crippen molar-refractivity contribution in [3.05, 3.63) is 160 Å². The third-order valence-corrected chi connectivity index (χ3v) is 19.0. The van der Waals surface area contributed by atoms with Gasteiger partial charge in [0.2, 0.25) is 0 Å². The fourth-order valence-electron chi connectivity index (χ4n) is 8.67. The van der Waals surface area contributed by atoms with Crippen LogP contribution in [-0.2, 0) is 26.7 Å². The third-order valence-electron chi connectivity index (χ3n) is 13.9. The summed E-state index contributed by atoms with van der Waals surface area (Å²) in [5, 5.41) is 10.3. The number of benzene rings is 2. The molecule has 75 heavy (non-hydrogen) atoms. The second-order valence-corrected chi connectivity index (χ2v) is 27.8. The summed E-state index contributed by atoms with van der Waals surface area (Å²) in [6.07, 6.45) is 3.51. The number of aliphatic hydroxyl groups excluding tert-OH is 1. The Kier molecular flexibility index (Phi) is 19.4. The molecule has 0 amide bonds. The number of halogens is 4. The Bertz CT molecular complexity index is 3190. The average molecular weight is 1090 g/mol. The predicted molar refractivity (Wildman–Crippen MR) is 295 cm³/mol. The van der Waals surface area contributed by atoms with Crippen LogP contribution < -0.4 is 20.6 Å². The molecule has 0 spiro atoms. The molecule has 4 heterocycles. The maximum absolute atomic E-state index is 14.8. The molecule has 2 aromatic carbocycles. The van der Waals surface area contributed by atoms with Crippen LogP contribution >= 0.6 is 23.2 Å². The van der Waals surface area contributed by atoms with Crippen molar-refractivity contribution in [1.29, 1.82) is 0 Å². The Morgan fingerprint density at radius 2 is 1.04 bits per heavy atom. The molecule has 6 rings (SSSR count). The van der Waals surface area contributed by atoms with Crippen molar-refractivity contribution >= 4 is 54.5 Å². The van der Waals surface area contributed by atoms with Gasteiger partial charge < -0.3 is 28.5 Å². The topological polar surface area (TPSA) is 143 Å². The summed E-state index contributed by atoms with van der Waals surface area (Å²) in [5.74, 6) is -2.32. The second kappa shape index (κ2) is 24.2. The molecule has 0 aliphatic heterocycles. The molecule has 0 aliphatic carbocycles. The number of carbonyl (C=O) groups excluding carboxylic acids is 2. The summed E-state index contributed by atoms with van der Waals surface area (Å²) in [4.78, 5) is 52.9. The van der Waals surface area contributed by atoms with Crippen LogP contribution in [0.4, 0.5) is 8.78 Å². The van der Waals surface area contributed by atoms with E-state index in [0.29, 0.717) is 57.0 Å². The number of fused-ring (bicyclic) bond motifs is 2. The summed E-state index contributed by atoms with van der Waals surface area (Å²) in [6, 6.07) is 16.2. The quantitative estimate of drug-likeness (QED) is 0.0735. The highest BCUT2D eigenvalue weighted by atomic mass is 35.5. The number of esters is 2. The third kappa shape index (κ3) is 13.5. The maximum Gasteiger partial charge on any atom is 0.343 e. The van der Waals surface area contributed by atoms with Gasteiger partial charge in [0.05, 0.1) is 55.1 Å². The molecule has 17 heteroatoms. The smallest absolute Gasteiger partial charge is 0.343 e. The first-order valence-electron chi connectivity index (χ1n) is 24.9. The van der Waals surface area contributed by atoms with E-state index in [9.17, 15) is 33.1 Å². The van der Waals surface area contributed by atoms with Crippen LogP contribution in [0.1, 0.15) is 142 Å². The van der Waals surface area contributed by atoms with Crippen molar-refractivity contribution in [1.82, 2.24) is 8.80 Å². The Balaban J connectivity index is 0.000000282. The van der Waals surface area contributed by atoms with Gasteiger partial charge in [-0.25, -0.2) is 18.4 Å². The number of ether oxygens (including phenoxy) is 4. The number of aliphatic hydroxyl groups is 1. The molecule has 0 saturated carbocycles. The Morgan fingerprint density at radius 1 is 0.653 bits per heavy atom. The SMILES string of the molecule is CCOC(=O)c1cc([C@H](CO)C(C)(C)C)c2c(OC)cc(Cc3cccc(Cl)c3F)cn2c1=O.CCOC(=O)c1cc([C@H](CO[Si](C)(C)C(C)(C)C)C(C)(C)C)c2c(OC)cc(Cc3cccc(Cl)c3F)cn2c1=O. The fourth-order valence-corrected chi connectivity index (χ4v) is 10.1. The molecule has 0 radical (unpaired) electrons. The number of pyridine rings is 4. The highest BCUT2D eigenvalue weighted by Crippen LogP contribution is 2.44. The minimum Gasteiger partial charge on any atom is -0.495 e. The maximum atomic E-state index is 14.8. The highest BCUT2D eigenvalue weighted by molar-refractivity contribution is 6.74. The van der Waals surface area contributed by atoms with Crippen LogP contribution in [0, 0.1) is 22.5 Å². The van der Waals surface area contributed by atoms with Gasteiger partial charge in [-0.1, -0.05) is 110 Å². The summed E-state index contributed by atoms with van der Waals surface area (Å²) < 4.78 is 60.6. The van der Waals surface area contributed by atoms with E-state index in [1.807, 2.05) is 20.8 Å². The number of aromatic nitrogens is 2. The van der Waals surface area contributed by atoms with Crippen LogP contribution in [0.15, 0.2) is 82.6 Å². The lowest BCUT2D eigenvalue weighted by Crippen LogP contribution is -2.43. The molecular formula is C58H72Cl2F2N2O10Si. The van der Waals surface area contributed by atoms with Gasteiger partial charge in [0.1, 0.15) is 34.3 Å². The summed E-state index contributed by atoms with van der Waals surface area (Å²) in [5.41, 5.74) is 2.18. The molecule has 6 aromatic rings. The van der Waals surface area contributed by atoms with Crippen molar-refractivity contribution < 1.29 is 46.8 Å². The summed E-state index contributed by atoms with van der Waals surface area (Å²) in [6.45, 7) is 27.0. The van der Waals surface area contributed by atoms with E-state index in [0.717, 1.165) is 5.56 Å². The van der Waals surface area contributed by atoms with Crippen molar-refractivity contribution in [3.8, 4) is 11.5 Å². The van der Waals surface area contributed by atoms with Crippen molar-refractivity contribution in [2.24, 2.45) is 10.8 Å². The number of hydrogen-bond donors (Lipinski definition) is 1.